The summed E-state index contributed by atoms with van der Waals surface area (Å²) in [4.78, 5) is 15.3. The van der Waals surface area contributed by atoms with Crippen molar-refractivity contribution >= 4 is 5.91 Å². The molecule has 5 heteroatoms. The van der Waals surface area contributed by atoms with Gasteiger partial charge in [-0.05, 0) is 44.4 Å². The fourth-order valence-electron chi connectivity index (χ4n) is 3.71. The van der Waals surface area contributed by atoms with Gasteiger partial charge in [0.15, 0.2) is 0 Å². The highest BCUT2D eigenvalue weighted by atomic mass is 16.2. The van der Waals surface area contributed by atoms with Crippen LogP contribution >= 0.6 is 0 Å². The first kappa shape index (κ1) is 18.4. The number of aromatic nitrogens is 2. The number of carbonyl (C=O) groups is 1. The third-order valence-electron chi connectivity index (χ3n) is 5.53. The first-order chi connectivity index (χ1) is 13.7. The van der Waals surface area contributed by atoms with E-state index in [2.05, 4.69) is 19.1 Å². The molecule has 1 fully saturated rings. The Bertz CT molecular complexity index is 938. The third kappa shape index (κ3) is 3.71. The van der Waals surface area contributed by atoms with Gasteiger partial charge in [-0.25, -0.2) is 4.68 Å². The minimum Gasteiger partial charge on any atom is -0.339 e. The molecule has 2 aromatic carbocycles. The van der Waals surface area contributed by atoms with Crippen LogP contribution in [-0.4, -0.2) is 40.2 Å². The van der Waals surface area contributed by atoms with Crippen molar-refractivity contribution in [2.75, 3.05) is 19.6 Å². The molecule has 0 unspecified atom stereocenters. The molecule has 0 bridgehead atoms. The molecular weight excluding hydrogens is 348 g/mol. The van der Waals surface area contributed by atoms with Crippen molar-refractivity contribution in [1.29, 1.82) is 0 Å². The number of rotatable bonds is 4. The Morgan fingerprint density at radius 1 is 1.07 bits per heavy atom. The lowest BCUT2D eigenvalue weighted by atomic mass is 9.96. The summed E-state index contributed by atoms with van der Waals surface area (Å²) in [6.45, 7) is 4.26. The van der Waals surface area contributed by atoms with Crippen molar-refractivity contribution in [2.24, 2.45) is 11.7 Å². The molecule has 2 N–H and O–H groups in total. The van der Waals surface area contributed by atoms with E-state index < -0.39 is 0 Å². The van der Waals surface area contributed by atoms with Crippen molar-refractivity contribution in [1.82, 2.24) is 14.7 Å². The van der Waals surface area contributed by atoms with Crippen molar-refractivity contribution in [3.8, 4) is 16.9 Å². The Balaban J connectivity index is 1.70. The zero-order valence-electron chi connectivity index (χ0n) is 16.2. The van der Waals surface area contributed by atoms with Gasteiger partial charge in [0.2, 0.25) is 0 Å². The van der Waals surface area contributed by atoms with Gasteiger partial charge in [0, 0.05) is 24.8 Å². The van der Waals surface area contributed by atoms with Crippen molar-refractivity contribution in [3.05, 3.63) is 71.9 Å². The Morgan fingerprint density at radius 2 is 1.75 bits per heavy atom. The van der Waals surface area contributed by atoms with Gasteiger partial charge >= 0.3 is 0 Å². The second-order valence-electron chi connectivity index (χ2n) is 7.51. The van der Waals surface area contributed by atoms with Crippen LogP contribution in [0.25, 0.3) is 16.9 Å². The topological polar surface area (TPSA) is 64.2 Å². The van der Waals surface area contributed by atoms with Crippen LogP contribution < -0.4 is 5.73 Å². The minimum absolute atomic E-state index is 0.0488. The van der Waals surface area contributed by atoms with Gasteiger partial charge < -0.3 is 10.6 Å². The fourth-order valence-corrected chi connectivity index (χ4v) is 3.71. The fraction of sp³-hybridized carbons (Fsp3) is 0.304. The largest absolute Gasteiger partial charge is 0.339 e. The molecule has 1 aromatic heterocycles. The van der Waals surface area contributed by atoms with E-state index in [0.29, 0.717) is 18.0 Å². The number of hydrogen-bond acceptors (Lipinski definition) is 3. The smallest absolute Gasteiger partial charge is 0.257 e. The number of hydrogen-bond donors (Lipinski definition) is 1. The standard InChI is InChI=1S/C23H26N4O/c1-17-7-9-20(10-8-17)27-16-21(22(25-27)19-5-3-2-4-6-19)23(28)26-13-11-18(15-24)12-14-26/h2-10,16,18H,11-15,24H2,1H3. The lowest BCUT2D eigenvalue weighted by Crippen LogP contribution is -2.40. The number of aryl methyl sites for hydroxylation is 1. The summed E-state index contributed by atoms with van der Waals surface area (Å²) in [6, 6.07) is 18.1. The second-order valence-corrected chi connectivity index (χ2v) is 7.51. The summed E-state index contributed by atoms with van der Waals surface area (Å²) in [5.41, 5.74) is 10.3. The Kier molecular flexibility index (Phi) is 5.26. The third-order valence-corrected chi connectivity index (χ3v) is 5.53. The molecule has 4 rings (SSSR count). The molecule has 1 amide bonds. The molecule has 1 saturated heterocycles. The molecule has 5 nitrogen and oxygen atoms in total. The van der Waals surface area contributed by atoms with Crippen LogP contribution in [0.15, 0.2) is 60.8 Å². The molecule has 1 aliphatic heterocycles. The Labute approximate surface area is 165 Å². The summed E-state index contributed by atoms with van der Waals surface area (Å²) in [6.07, 6.45) is 3.80. The van der Waals surface area contributed by atoms with Crippen LogP contribution in [0.4, 0.5) is 0 Å². The SMILES string of the molecule is Cc1ccc(-n2cc(C(=O)N3CCC(CN)CC3)c(-c3ccccc3)n2)cc1. The van der Waals surface area contributed by atoms with E-state index in [0.717, 1.165) is 42.9 Å². The maximum Gasteiger partial charge on any atom is 0.257 e. The van der Waals surface area contributed by atoms with Crippen LogP contribution in [0.1, 0.15) is 28.8 Å². The van der Waals surface area contributed by atoms with E-state index in [9.17, 15) is 4.79 Å². The maximum absolute atomic E-state index is 13.3. The number of nitrogens with zero attached hydrogens (tertiary/aromatic N) is 3. The summed E-state index contributed by atoms with van der Waals surface area (Å²) in [5, 5.41) is 4.78. The van der Waals surface area contributed by atoms with Crippen LogP contribution in [0, 0.1) is 12.8 Å². The highest BCUT2D eigenvalue weighted by Gasteiger charge is 2.27. The summed E-state index contributed by atoms with van der Waals surface area (Å²) >= 11 is 0. The average molecular weight is 374 g/mol. The van der Waals surface area contributed by atoms with E-state index in [-0.39, 0.29) is 5.91 Å². The molecule has 28 heavy (non-hydrogen) atoms. The molecular formula is C23H26N4O. The van der Waals surface area contributed by atoms with Crippen LogP contribution in [0.5, 0.6) is 0 Å². The Hall–Kier alpha value is -2.92. The second kappa shape index (κ2) is 7.98. The van der Waals surface area contributed by atoms with Crippen molar-refractivity contribution in [2.45, 2.75) is 19.8 Å². The van der Waals surface area contributed by atoms with Gasteiger partial charge in [-0.3, -0.25) is 4.79 Å². The van der Waals surface area contributed by atoms with Gasteiger partial charge in [0.05, 0.1) is 11.3 Å². The number of benzene rings is 2. The molecule has 1 aliphatic rings. The van der Waals surface area contributed by atoms with Crippen LogP contribution in [-0.2, 0) is 0 Å². The zero-order valence-corrected chi connectivity index (χ0v) is 16.2. The first-order valence-corrected chi connectivity index (χ1v) is 9.87. The van der Waals surface area contributed by atoms with Crippen molar-refractivity contribution in [3.63, 3.8) is 0 Å². The number of amides is 1. The number of piperidine rings is 1. The van der Waals surface area contributed by atoms with Gasteiger partial charge in [-0.15, -0.1) is 0 Å². The predicted octanol–water partition coefficient (Wildman–Crippen LogP) is 3.66. The van der Waals surface area contributed by atoms with E-state index in [1.165, 1.54) is 5.56 Å². The lowest BCUT2D eigenvalue weighted by Gasteiger charge is -2.31. The number of carbonyl (C=O) groups excluding carboxylic acids is 1. The zero-order chi connectivity index (χ0) is 19.5. The monoisotopic (exact) mass is 374 g/mol. The normalized spacial score (nSPS) is 15.0. The molecule has 0 aliphatic carbocycles. The van der Waals surface area contributed by atoms with E-state index in [4.69, 9.17) is 10.8 Å². The molecule has 0 radical (unpaired) electrons. The molecule has 144 valence electrons. The van der Waals surface area contributed by atoms with Gasteiger partial charge in [-0.1, -0.05) is 48.0 Å². The maximum atomic E-state index is 13.3. The predicted molar refractivity (Wildman–Crippen MR) is 111 cm³/mol. The molecule has 0 saturated carbocycles. The number of nitrogens with two attached hydrogens (primary N) is 1. The highest BCUT2D eigenvalue weighted by Crippen LogP contribution is 2.26. The summed E-state index contributed by atoms with van der Waals surface area (Å²) in [5.74, 6) is 0.570. The Morgan fingerprint density at radius 3 is 2.39 bits per heavy atom. The lowest BCUT2D eigenvalue weighted by molar-refractivity contribution is 0.0694. The van der Waals surface area contributed by atoms with Gasteiger partial charge in [0.1, 0.15) is 5.69 Å². The summed E-state index contributed by atoms with van der Waals surface area (Å²) in [7, 11) is 0. The average Bonchev–Trinajstić information content (AvgIpc) is 3.20. The van der Waals surface area contributed by atoms with E-state index in [1.807, 2.05) is 58.2 Å². The van der Waals surface area contributed by atoms with E-state index in [1.54, 1.807) is 0 Å². The number of likely N-dealkylation sites (tertiary alicyclic amines) is 1. The van der Waals surface area contributed by atoms with Crippen LogP contribution in [0.2, 0.25) is 0 Å². The molecule has 0 spiro atoms. The highest BCUT2D eigenvalue weighted by molar-refractivity contribution is 6.00. The molecule has 2 heterocycles. The molecule has 3 aromatic rings. The van der Waals surface area contributed by atoms with E-state index >= 15 is 0 Å². The quantitative estimate of drug-likeness (QED) is 0.758. The van der Waals surface area contributed by atoms with Crippen molar-refractivity contribution < 1.29 is 4.79 Å². The van der Waals surface area contributed by atoms with Crippen LogP contribution in [0.3, 0.4) is 0 Å². The molecule has 0 atom stereocenters. The minimum atomic E-state index is 0.0488. The summed E-state index contributed by atoms with van der Waals surface area (Å²) < 4.78 is 1.81. The van der Waals surface area contributed by atoms with Gasteiger partial charge in [-0.2, -0.15) is 5.10 Å². The first-order valence-electron chi connectivity index (χ1n) is 9.87. The van der Waals surface area contributed by atoms with Gasteiger partial charge in [0.25, 0.3) is 5.91 Å².